The number of rotatable bonds is 6. The van der Waals surface area contributed by atoms with Gasteiger partial charge in [-0.2, -0.15) is 0 Å². The molecule has 0 atom stereocenters. The van der Waals surface area contributed by atoms with Crippen LogP contribution in [0.4, 0.5) is 11.4 Å². The van der Waals surface area contributed by atoms with Gasteiger partial charge in [-0.3, -0.25) is 9.78 Å². The number of benzene rings is 1. The minimum Gasteiger partial charge on any atom is -0.377 e. The second kappa shape index (κ2) is 8.88. The molecule has 0 fully saturated rings. The topological polar surface area (TPSA) is 58.1 Å². The minimum absolute atomic E-state index is 0.194. The molecule has 2 aromatic heterocycles. The number of nitrogens with one attached hydrogen (secondary N) is 1. The second-order valence-corrected chi connectivity index (χ2v) is 7.40. The molecular weight excluding hydrogens is 380 g/mol. The van der Waals surface area contributed by atoms with Gasteiger partial charge in [0.2, 0.25) is 0 Å². The molecular formula is C20H19ClN4OS. The molecule has 0 aliphatic carbocycles. The number of pyridine rings is 2. The molecule has 3 rings (SSSR count). The van der Waals surface area contributed by atoms with Gasteiger partial charge in [-0.05, 0) is 42.0 Å². The Kier molecular flexibility index (Phi) is 6.32. The first kappa shape index (κ1) is 19.2. The summed E-state index contributed by atoms with van der Waals surface area (Å²) in [7, 11) is 3.96. The first-order valence-electron chi connectivity index (χ1n) is 8.29. The average Bonchev–Trinajstić information content (AvgIpc) is 2.68. The van der Waals surface area contributed by atoms with E-state index >= 15 is 0 Å². The lowest BCUT2D eigenvalue weighted by Crippen LogP contribution is -2.14. The van der Waals surface area contributed by atoms with Crippen LogP contribution in [0.1, 0.15) is 15.9 Å². The number of halogens is 1. The Morgan fingerprint density at radius 3 is 2.67 bits per heavy atom. The van der Waals surface area contributed by atoms with Gasteiger partial charge in [-0.1, -0.05) is 17.7 Å². The van der Waals surface area contributed by atoms with Gasteiger partial charge in [0.05, 0.1) is 5.56 Å². The Bertz CT molecular complexity index is 934. The van der Waals surface area contributed by atoms with E-state index in [0.717, 1.165) is 11.3 Å². The maximum absolute atomic E-state index is 12.7. The summed E-state index contributed by atoms with van der Waals surface area (Å²) >= 11 is 7.64. The normalized spacial score (nSPS) is 10.5. The molecule has 27 heavy (non-hydrogen) atoms. The number of hydrogen-bond donors (Lipinski definition) is 1. The molecule has 0 saturated heterocycles. The Hall–Kier alpha value is -2.57. The molecule has 0 bridgehead atoms. The molecule has 1 aromatic carbocycles. The number of amides is 1. The summed E-state index contributed by atoms with van der Waals surface area (Å²) < 4.78 is 0. The van der Waals surface area contributed by atoms with Crippen LogP contribution in [0.2, 0.25) is 5.02 Å². The van der Waals surface area contributed by atoms with Gasteiger partial charge < -0.3 is 10.2 Å². The quantitative estimate of drug-likeness (QED) is 0.607. The standard InChI is InChI=1S/C20H19ClN4OS/c1-25(2)18-12-15(21)6-5-14(18)13-27-20-17(4-3-9-23-20)19(26)24-16-7-10-22-11-8-16/h3-12H,13H2,1-2H3,(H,22,24,26). The highest BCUT2D eigenvalue weighted by Gasteiger charge is 2.14. The van der Waals surface area contributed by atoms with E-state index in [2.05, 4.69) is 15.3 Å². The van der Waals surface area contributed by atoms with Crippen molar-refractivity contribution in [2.45, 2.75) is 10.8 Å². The number of carbonyl (C=O) groups excluding carboxylic acids is 1. The maximum atomic E-state index is 12.7. The SMILES string of the molecule is CN(C)c1cc(Cl)ccc1CSc1ncccc1C(=O)Nc1ccncc1. The van der Waals surface area contributed by atoms with Crippen LogP contribution in [0.25, 0.3) is 0 Å². The van der Waals surface area contributed by atoms with E-state index in [1.54, 1.807) is 42.9 Å². The third-order valence-electron chi connectivity index (χ3n) is 3.85. The van der Waals surface area contributed by atoms with Crippen molar-refractivity contribution in [3.63, 3.8) is 0 Å². The first-order valence-corrected chi connectivity index (χ1v) is 9.66. The molecule has 0 unspecified atom stereocenters. The smallest absolute Gasteiger partial charge is 0.258 e. The van der Waals surface area contributed by atoms with Crippen LogP contribution < -0.4 is 10.2 Å². The van der Waals surface area contributed by atoms with Crippen LogP contribution in [-0.2, 0) is 5.75 Å². The highest BCUT2D eigenvalue weighted by molar-refractivity contribution is 7.98. The van der Waals surface area contributed by atoms with Crippen LogP contribution in [0.5, 0.6) is 0 Å². The van der Waals surface area contributed by atoms with Crippen molar-refractivity contribution in [2.75, 3.05) is 24.3 Å². The highest BCUT2D eigenvalue weighted by atomic mass is 35.5. The molecule has 7 heteroatoms. The Labute approximate surface area is 167 Å². The number of aromatic nitrogens is 2. The summed E-state index contributed by atoms with van der Waals surface area (Å²) in [5.41, 5.74) is 3.41. The van der Waals surface area contributed by atoms with Crippen LogP contribution >= 0.6 is 23.4 Å². The van der Waals surface area contributed by atoms with Crippen molar-refractivity contribution in [2.24, 2.45) is 0 Å². The summed E-state index contributed by atoms with van der Waals surface area (Å²) in [6.07, 6.45) is 4.97. The third kappa shape index (κ3) is 4.99. The van der Waals surface area contributed by atoms with E-state index in [1.807, 2.05) is 37.2 Å². The van der Waals surface area contributed by atoms with E-state index in [0.29, 0.717) is 27.1 Å². The predicted octanol–water partition coefficient (Wildman–Crippen LogP) is 4.74. The zero-order valence-electron chi connectivity index (χ0n) is 15.0. The van der Waals surface area contributed by atoms with Gasteiger partial charge in [0, 0.05) is 54.8 Å². The van der Waals surface area contributed by atoms with E-state index in [4.69, 9.17) is 11.6 Å². The molecule has 0 aliphatic heterocycles. The molecule has 1 N–H and O–H groups in total. The minimum atomic E-state index is -0.194. The zero-order chi connectivity index (χ0) is 19.2. The molecule has 2 heterocycles. The molecule has 3 aromatic rings. The molecule has 0 radical (unpaired) electrons. The van der Waals surface area contributed by atoms with Crippen molar-refractivity contribution < 1.29 is 4.79 Å². The van der Waals surface area contributed by atoms with Crippen LogP contribution in [0.3, 0.4) is 0 Å². The monoisotopic (exact) mass is 398 g/mol. The largest absolute Gasteiger partial charge is 0.377 e. The summed E-state index contributed by atoms with van der Waals surface area (Å²) in [5.74, 6) is 0.484. The van der Waals surface area contributed by atoms with E-state index in [1.165, 1.54) is 11.8 Å². The Morgan fingerprint density at radius 1 is 1.15 bits per heavy atom. The molecule has 0 spiro atoms. The third-order valence-corrected chi connectivity index (χ3v) is 5.14. The highest BCUT2D eigenvalue weighted by Crippen LogP contribution is 2.31. The lowest BCUT2D eigenvalue weighted by Gasteiger charge is -2.18. The summed E-state index contributed by atoms with van der Waals surface area (Å²) in [4.78, 5) is 23.0. The van der Waals surface area contributed by atoms with Crippen molar-refractivity contribution in [3.8, 4) is 0 Å². The fraction of sp³-hybridized carbons (Fsp3) is 0.150. The second-order valence-electron chi connectivity index (χ2n) is 6.00. The van der Waals surface area contributed by atoms with Crippen LogP contribution in [0.15, 0.2) is 66.1 Å². The lowest BCUT2D eigenvalue weighted by atomic mass is 10.2. The fourth-order valence-electron chi connectivity index (χ4n) is 2.53. The first-order chi connectivity index (χ1) is 13.0. The van der Waals surface area contributed by atoms with Gasteiger partial charge in [0.15, 0.2) is 0 Å². The number of hydrogen-bond acceptors (Lipinski definition) is 5. The Balaban J connectivity index is 1.78. The van der Waals surface area contributed by atoms with Crippen molar-refractivity contribution in [3.05, 3.63) is 77.2 Å². The van der Waals surface area contributed by atoms with Gasteiger partial charge in [0.25, 0.3) is 5.91 Å². The Morgan fingerprint density at radius 2 is 1.93 bits per heavy atom. The molecule has 1 amide bonds. The van der Waals surface area contributed by atoms with Crippen molar-refractivity contribution >= 4 is 40.6 Å². The molecule has 138 valence electrons. The van der Waals surface area contributed by atoms with Gasteiger partial charge in [-0.25, -0.2) is 4.98 Å². The van der Waals surface area contributed by atoms with Gasteiger partial charge >= 0.3 is 0 Å². The van der Waals surface area contributed by atoms with E-state index in [9.17, 15) is 4.79 Å². The lowest BCUT2D eigenvalue weighted by molar-refractivity contribution is 0.102. The summed E-state index contributed by atoms with van der Waals surface area (Å²) in [6, 6.07) is 12.9. The number of nitrogens with zero attached hydrogens (tertiary/aromatic N) is 3. The molecule has 0 saturated carbocycles. The maximum Gasteiger partial charge on any atom is 0.258 e. The van der Waals surface area contributed by atoms with Crippen molar-refractivity contribution in [1.82, 2.24) is 9.97 Å². The summed E-state index contributed by atoms with van der Waals surface area (Å²) in [6.45, 7) is 0. The van der Waals surface area contributed by atoms with Gasteiger partial charge in [0.1, 0.15) is 5.03 Å². The van der Waals surface area contributed by atoms with Crippen LogP contribution in [0, 0.1) is 0 Å². The van der Waals surface area contributed by atoms with E-state index < -0.39 is 0 Å². The molecule has 0 aliphatic rings. The zero-order valence-corrected chi connectivity index (χ0v) is 16.6. The number of carbonyl (C=O) groups is 1. The fourth-order valence-corrected chi connectivity index (χ4v) is 3.69. The number of anilines is 2. The van der Waals surface area contributed by atoms with E-state index in [-0.39, 0.29) is 5.91 Å². The van der Waals surface area contributed by atoms with Gasteiger partial charge in [-0.15, -0.1) is 11.8 Å². The predicted molar refractivity (Wildman–Crippen MR) is 112 cm³/mol. The molecule has 5 nitrogen and oxygen atoms in total. The average molecular weight is 399 g/mol. The summed E-state index contributed by atoms with van der Waals surface area (Å²) in [5, 5.41) is 4.26. The van der Waals surface area contributed by atoms with Crippen molar-refractivity contribution in [1.29, 1.82) is 0 Å². The number of thioether (sulfide) groups is 1. The van der Waals surface area contributed by atoms with Crippen LogP contribution in [-0.4, -0.2) is 30.0 Å².